The van der Waals surface area contributed by atoms with Crippen LogP contribution in [0.5, 0.6) is 0 Å². The molecule has 1 rings (SSSR count). The molecule has 56 valence electrons. The number of hydrogen-bond donors (Lipinski definition) is 1. The van der Waals surface area contributed by atoms with Gasteiger partial charge >= 0.3 is 0 Å². The molecule has 1 N–H and O–H groups in total. The maximum atomic E-state index is 10.9. The molecule has 1 atom stereocenters. The highest BCUT2D eigenvalue weighted by atomic mass is 16.2. The van der Waals surface area contributed by atoms with E-state index in [-0.39, 0.29) is 17.7 Å². The van der Waals surface area contributed by atoms with Crippen molar-refractivity contribution in [3.63, 3.8) is 0 Å². The van der Waals surface area contributed by atoms with Gasteiger partial charge in [-0.1, -0.05) is 6.92 Å². The van der Waals surface area contributed by atoms with Gasteiger partial charge in [-0.15, -0.1) is 0 Å². The number of imide groups is 1. The van der Waals surface area contributed by atoms with Gasteiger partial charge in [0.2, 0.25) is 11.8 Å². The first-order chi connectivity index (χ1) is 4.74. The maximum Gasteiger partial charge on any atom is 0.229 e. The van der Waals surface area contributed by atoms with E-state index in [2.05, 4.69) is 5.32 Å². The van der Waals surface area contributed by atoms with E-state index < -0.39 is 0 Å². The molecule has 1 aliphatic rings. The summed E-state index contributed by atoms with van der Waals surface area (Å²) < 4.78 is 0. The molecule has 3 nitrogen and oxygen atoms in total. The molecule has 1 aliphatic heterocycles. The fourth-order valence-electron chi connectivity index (χ4n) is 1.13. The smallest absolute Gasteiger partial charge is 0.229 e. The third-order valence-electron chi connectivity index (χ3n) is 1.85. The highest BCUT2D eigenvalue weighted by molar-refractivity contribution is 5.98. The molecule has 2 amide bonds. The van der Waals surface area contributed by atoms with Crippen LogP contribution in [0.2, 0.25) is 0 Å². The number of piperidine rings is 1. The molecule has 0 radical (unpaired) electrons. The van der Waals surface area contributed by atoms with E-state index in [9.17, 15) is 9.59 Å². The highest BCUT2D eigenvalue weighted by Gasteiger charge is 2.24. The zero-order valence-electron chi connectivity index (χ0n) is 6.02. The second-order valence-corrected chi connectivity index (χ2v) is 2.56. The van der Waals surface area contributed by atoms with Crippen LogP contribution in [0.25, 0.3) is 0 Å². The Bertz CT molecular complexity index is 165. The molecule has 1 fully saturated rings. The molecule has 10 heavy (non-hydrogen) atoms. The Hall–Kier alpha value is -0.860. The summed E-state index contributed by atoms with van der Waals surface area (Å²) in [6, 6.07) is 0. The molecular weight excluding hydrogens is 130 g/mol. The van der Waals surface area contributed by atoms with Crippen LogP contribution in [0.4, 0.5) is 0 Å². The molecule has 0 bridgehead atoms. The molecule has 3 heteroatoms. The fraction of sp³-hybridized carbons (Fsp3) is 0.714. The van der Waals surface area contributed by atoms with Crippen molar-refractivity contribution in [3.05, 3.63) is 0 Å². The number of carbonyl (C=O) groups excluding carboxylic acids is 2. The predicted molar refractivity (Wildman–Crippen MR) is 36.2 cm³/mol. The quantitative estimate of drug-likeness (QED) is 0.539. The number of rotatable bonds is 1. The molecule has 0 aliphatic carbocycles. The summed E-state index contributed by atoms with van der Waals surface area (Å²) in [6.07, 6.45) is 2.06. The van der Waals surface area contributed by atoms with Gasteiger partial charge in [-0.3, -0.25) is 14.9 Å². The molecule has 0 unspecified atom stereocenters. The largest absolute Gasteiger partial charge is 0.296 e. The number of amides is 2. The molecule has 0 aromatic heterocycles. The van der Waals surface area contributed by atoms with Gasteiger partial charge in [-0.2, -0.15) is 0 Å². The van der Waals surface area contributed by atoms with Crippen molar-refractivity contribution in [1.82, 2.24) is 5.32 Å². The summed E-state index contributed by atoms with van der Waals surface area (Å²) in [4.78, 5) is 21.5. The molecule has 0 aromatic rings. The Morgan fingerprint density at radius 3 is 2.80 bits per heavy atom. The van der Waals surface area contributed by atoms with Crippen molar-refractivity contribution < 1.29 is 9.59 Å². The van der Waals surface area contributed by atoms with Crippen LogP contribution >= 0.6 is 0 Å². The minimum atomic E-state index is -0.130. The number of carbonyl (C=O) groups is 2. The van der Waals surface area contributed by atoms with Crippen molar-refractivity contribution in [1.29, 1.82) is 0 Å². The monoisotopic (exact) mass is 141 g/mol. The zero-order chi connectivity index (χ0) is 7.56. The van der Waals surface area contributed by atoms with Gasteiger partial charge in [-0.05, 0) is 12.8 Å². The van der Waals surface area contributed by atoms with E-state index in [1.54, 1.807) is 0 Å². The maximum absolute atomic E-state index is 10.9. The van der Waals surface area contributed by atoms with E-state index in [0.717, 1.165) is 12.8 Å². The SMILES string of the molecule is CC[C@H]1CCC(=O)NC1=O. The van der Waals surface area contributed by atoms with Crippen LogP contribution in [0, 0.1) is 5.92 Å². The van der Waals surface area contributed by atoms with Crippen LogP contribution in [-0.4, -0.2) is 11.8 Å². The van der Waals surface area contributed by atoms with E-state index in [1.165, 1.54) is 0 Å². The van der Waals surface area contributed by atoms with Crippen molar-refractivity contribution in [2.75, 3.05) is 0 Å². The van der Waals surface area contributed by atoms with Crippen LogP contribution in [0.15, 0.2) is 0 Å². The summed E-state index contributed by atoms with van der Waals surface area (Å²) in [5.41, 5.74) is 0. The van der Waals surface area contributed by atoms with Crippen LogP contribution in [0.3, 0.4) is 0 Å². The lowest BCUT2D eigenvalue weighted by molar-refractivity contribution is -0.136. The normalized spacial score (nSPS) is 26.3. The molecule has 1 saturated heterocycles. The van der Waals surface area contributed by atoms with E-state index in [0.29, 0.717) is 6.42 Å². The molecule has 1 heterocycles. The molecular formula is C7H11NO2. The predicted octanol–water partition coefficient (Wildman–Crippen LogP) is 0.449. The van der Waals surface area contributed by atoms with E-state index >= 15 is 0 Å². The summed E-state index contributed by atoms with van der Waals surface area (Å²) >= 11 is 0. The van der Waals surface area contributed by atoms with Gasteiger partial charge < -0.3 is 0 Å². The van der Waals surface area contributed by atoms with E-state index in [4.69, 9.17) is 0 Å². The van der Waals surface area contributed by atoms with Crippen molar-refractivity contribution in [3.8, 4) is 0 Å². The minimum absolute atomic E-state index is 0.0673. The van der Waals surface area contributed by atoms with Gasteiger partial charge in [0.1, 0.15) is 0 Å². The van der Waals surface area contributed by atoms with Crippen LogP contribution in [-0.2, 0) is 9.59 Å². The first-order valence-electron chi connectivity index (χ1n) is 3.57. The second-order valence-electron chi connectivity index (χ2n) is 2.56. The molecule has 0 aromatic carbocycles. The number of hydrogen-bond acceptors (Lipinski definition) is 2. The van der Waals surface area contributed by atoms with Crippen molar-refractivity contribution in [2.24, 2.45) is 5.92 Å². The summed E-state index contributed by atoms with van der Waals surface area (Å²) in [5, 5.41) is 2.30. The topological polar surface area (TPSA) is 46.2 Å². The minimum Gasteiger partial charge on any atom is -0.296 e. The Labute approximate surface area is 59.8 Å². The van der Waals surface area contributed by atoms with Gasteiger partial charge in [0.25, 0.3) is 0 Å². The average molecular weight is 141 g/mol. The highest BCUT2D eigenvalue weighted by Crippen LogP contribution is 2.14. The Balaban J connectivity index is 2.51. The number of nitrogens with one attached hydrogen (secondary N) is 1. The Morgan fingerprint density at radius 2 is 2.30 bits per heavy atom. The Morgan fingerprint density at radius 1 is 1.60 bits per heavy atom. The van der Waals surface area contributed by atoms with Gasteiger partial charge in [-0.25, -0.2) is 0 Å². The first kappa shape index (κ1) is 7.25. The summed E-state index contributed by atoms with van der Waals surface area (Å²) in [6.45, 7) is 1.96. The van der Waals surface area contributed by atoms with Gasteiger partial charge in [0, 0.05) is 12.3 Å². The molecule has 0 spiro atoms. The van der Waals surface area contributed by atoms with E-state index in [1.807, 2.05) is 6.92 Å². The zero-order valence-corrected chi connectivity index (χ0v) is 6.02. The standard InChI is InChI=1S/C7H11NO2/c1-2-5-3-4-6(9)8-7(5)10/h5H,2-4H2,1H3,(H,8,9,10)/t5-/m0/s1. The third kappa shape index (κ3) is 1.35. The van der Waals surface area contributed by atoms with Gasteiger partial charge in [0.05, 0.1) is 0 Å². The van der Waals surface area contributed by atoms with Crippen molar-refractivity contribution >= 4 is 11.8 Å². The van der Waals surface area contributed by atoms with Crippen LogP contribution in [0.1, 0.15) is 26.2 Å². The second kappa shape index (κ2) is 2.82. The van der Waals surface area contributed by atoms with Crippen molar-refractivity contribution in [2.45, 2.75) is 26.2 Å². The lowest BCUT2D eigenvalue weighted by atomic mass is 9.96. The van der Waals surface area contributed by atoms with Gasteiger partial charge in [0.15, 0.2) is 0 Å². The summed E-state index contributed by atoms with van der Waals surface area (Å²) in [7, 11) is 0. The lowest BCUT2D eigenvalue weighted by Gasteiger charge is -2.18. The molecule has 0 saturated carbocycles. The average Bonchev–Trinajstić information content (AvgIpc) is 1.88. The Kier molecular flexibility index (Phi) is 2.04. The summed E-state index contributed by atoms with van der Waals surface area (Å²) in [5.74, 6) is -0.161. The fourth-order valence-corrected chi connectivity index (χ4v) is 1.13. The first-order valence-corrected chi connectivity index (χ1v) is 3.57. The third-order valence-corrected chi connectivity index (χ3v) is 1.85. The lowest BCUT2D eigenvalue weighted by Crippen LogP contribution is -2.40. The van der Waals surface area contributed by atoms with Crippen LogP contribution < -0.4 is 5.32 Å².